The molecule has 1 aromatic heterocycles. The lowest BCUT2D eigenvalue weighted by molar-refractivity contribution is -0.0521. The Morgan fingerprint density at radius 2 is 2.12 bits per heavy atom. The number of benzene rings is 1. The molecule has 0 unspecified atom stereocenters. The Labute approximate surface area is 144 Å². The van der Waals surface area contributed by atoms with Crippen LogP contribution in [0.2, 0.25) is 0 Å². The molecule has 0 aliphatic heterocycles. The molecule has 0 bridgehead atoms. The smallest absolute Gasteiger partial charge is 0.387 e. The van der Waals surface area contributed by atoms with Gasteiger partial charge in [0, 0.05) is 18.0 Å². The number of hydrogen-bond donors (Lipinski definition) is 3. The molecule has 2 aromatic rings. The van der Waals surface area contributed by atoms with Crippen molar-refractivity contribution in [2.24, 2.45) is 5.11 Å². The van der Waals surface area contributed by atoms with E-state index in [1.54, 1.807) is 0 Å². The number of aromatic nitrogens is 2. The number of rotatable bonds is 8. The second-order valence-corrected chi connectivity index (χ2v) is 4.59. The van der Waals surface area contributed by atoms with E-state index in [1.807, 2.05) is 0 Å². The number of anilines is 2. The molecule has 2 rings (SSSR count). The van der Waals surface area contributed by atoms with Crippen molar-refractivity contribution in [3.63, 3.8) is 0 Å². The first-order valence-corrected chi connectivity index (χ1v) is 6.87. The van der Waals surface area contributed by atoms with Gasteiger partial charge >= 0.3 is 12.6 Å². The zero-order valence-electron chi connectivity index (χ0n) is 12.9. The van der Waals surface area contributed by atoms with Crippen molar-refractivity contribution >= 4 is 11.5 Å². The maximum Gasteiger partial charge on any atom is 0.387 e. The van der Waals surface area contributed by atoms with E-state index in [2.05, 4.69) is 25.1 Å². The molecule has 0 atom stereocenters. The number of nitrogens with one attached hydrogen (secondary N) is 2. The molecule has 0 aliphatic rings. The minimum atomic E-state index is -3.18. The lowest BCUT2D eigenvalue weighted by Gasteiger charge is -2.09. The van der Waals surface area contributed by atoms with Crippen LogP contribution in [0.4, 0.5) is 29.1 Å². The maximum absolute atomic E-state index is 13.3. The molecule has 1 aromatic carbocycles. The predicted molar refractivity (Wildman–Crippen MR) is 81.8 cm³/mol. The third kappa shape index (κ3) is 5.29. The molecule has 12 heteroatoms. The Hall–Kier alpha value is -3.44. The van der Waals surface area contributed by atoms with Crippen molar-refractivity contribution in [2.75, 3.05) is 17.7 Å². The van der Waals surface area contributed by atoms with Gasteiger partial charge in [-0.2, -0.15) is 18.9 Å². The first kappa shape index (κ1) is 18.9. The zero-order chi connectivity index (χ0) is 19.1. The van der Waals surface area contributed by atoms with E-state index >= 15 is 0 Å². The Kier molecular flexibility index (Phi) is 6.25. The van der Waals surface area contributed by atoms with Crippen molar-refractivity contribution in [2.45, 2.75) is 6.61 Å². The fourth-order valence-corrected chi connectivity index (χ4v) is 1.62. The first-order chi connectivity index (χ1) is 12.4. The van der Waals surface area contributed by atoms with Gasteiger partial charge in [-0.25, -0.2) is 19.3 Å². The lowest BCUT2D eigenvalue weighted by Crippen LogP contribution is -2.07. The Morgan fingerprint density at radius 1 is 1.35 bits per heavy atom. The molecule has 138 valence electrons. The van der Waals surface area contributed by atoms with Gasteiger partial charge in [-0.3, -0.25) is 0 Å². The Balaban J connectivity index is 2.02. The van der Waals surface area contributed by atoms with Gasteiger partial charge in [-0.05, 0) is 12.1 Å². The van der Waals surface area contributed by atoms with Crippen LogP contribution in [-0.4, -0.2) is 23.2 Å². The van der Waals surface area contributed by atoms with E-state index in [9.17, 15) is 17.6 Å². The van der Waals surface area contributed by atoms with Crippen LogP contribution in [0.25, 0.3) is 0 Å². The normalized spacial score (nSPS) is 11.3. The van der Waals surface area contributed by atoms with E-state index in [1.165, 1.54) is 12.3 Å². The standard InChI is InChI=1S/C14H12F4N6O2/c15-9-2-1-7(3-11(9)26-13(17)18)21-4-8(24-20)6-25-14-22-5-10(16)12(19)23-14/h1-5,13,20-21H,6H2,(H2,19,22,23)/b8-4-,24-20?. The highest BCUT2D eigenvalue weighted by atomic mass is 19.3. The summed E-state index contributed by atoms with van der Waals surface area (Å²) in [6.07, 6.45) is 2.03. The molecule has 0 saturated heterocycles. The molecule has 26 heavy (non-hydrogen) atoms. The van der Waals surface area contributed by atoms with Crippen molar-refractivity contribution in [1.29, 1.82) is 5.53 Å². The average molecular weight is 372 g/mol. The minimum Gasteiger partial charge on any atom is -0.457 e. The Morgan fingerprint density at radius 3 is 2.77 bits per heavy atom. The van der Waals surface area contributed by atoms with Crippen molar-refractivity contribution in [3.05, 3.63) is 47.9 Å². The summed E-state index contributed by atoms with van der Waals surface area (Å²) in [6.45, 7) is -3.45. The summed E-state index contributed by atoms with van der Waals surface area (Å²) in [5, 5.41) is 5.80. The third-order valence-corrected chi connectivity index (χ3v) is 2.79. The van der Waals surface area contributed by atoms with Gasteiger partial charge in [0.1, 0.15) is 12.3 Å². The number of nitrogen functional groups attached to an aromatic ring is 1. The quantitative estimate of drug-likeness (QED) is 0.483. The third-order valence-electron chi connectivity index (χ3n) is 2.79. The number of nitrogens with zero attached hydrogens (tertiary/aromatic N) is 3. The summed E-state index contributed by atoms with van der Waals surface area (Å²) >= 11 is 0. The zero-order valence-corrected chi connectivity index (χ0v) is 12.9. The first-order valence-electron chi connectivity index (χ1n) is 6.87. The molecule has 0 spiro atoms. The van der Waals surface area contributed by atoms with Crippen molar-refractivity contribution < 1.29 is 27.0 Å². The second kappa shape index (κ2) is 8.60. The fourth-order valence-electron chi connectivity index (χ4n) is 1.62. The van der Waals surface area contributed by atoms with E-state index in [0.717, 1.165) is 18.3 Å². The van der Waals surface area contributed by atoms with Crippen LogP contribution in [0.5, 0.6) is 11.8 Å². The molecular formula is C14H12F4N6O2. The average Bonchev–Trinajstić information content (AvgIpc) is 2.60. The van der Waals surface area contributed by atoms with Crippen LogP contribution in [-0.2, 0) is 0 Å². The van der Waals surface area contributed by atoms with Crippen molar-refractivity contribution in [3.8, 4) is 11.8 Å². The van der Waals surface area contributed by atoms with Crippen LogP contribution < -0.4 is 20.5 Å². The summed E-state index contributed by atoms with van der Waals surface area (Å²) in [4.78, 5) is 7.08. The SMILES string of the molecule is N=N/C(=C\Nc1ccc(F)c(OC(F)F)c1)COc1ncc(F)c(N)n1. The van der Waals surface area contributed by atoms with E-state index in [-0.39, 0.29) is 24.0 Å². The van der Waals surface area contributed by atoms with Gasteiger partial charge < -0.3 is 20.5 Å². The van der Waals surface area contributed by atoms with Crippen LogP contribution >= 0.6 is 0 Å². The summed E-state index contributed by atoms with van der Waals surface area (Å²) in [6, 6.07) is 2.96. The second-order valence-electron chi connectivity index (χ2n) is 4.59. The molecule has 4 N–H and O–H groups in total. The number of hydrogen-bond acceptors (Lipinski definition) is 8. The van der Waals surface area contributed by atoms with E-state index in [4.69, 9.17) is 16.0 Å². The molecular weight excluding hydrogens is 360 g/mol. The molecule has 8 nitrogen and oxygen atoms in total. The van der Waals surface area contributed by atoms with Crippen LogP contribution in [0.15, 0.2) is 41.4 Å². The van der Waals surface area contributed by atoms with E-state index in [0.29, 0.717) is 0 Å². The number of alkyl halides is 2. The molecule has 0 radical (unpaired) electrons. The number of halogens is 4. The molecule has 0 amide bonds. The summed E-state index contributed by atoms with van der Waals surface area (Å²) in [7, 11) is 0. The highest BCUT2D eigenvalue weighted by Gasteiger charge is 2.10. The molecule has 0 saturated carbocycles. The van der Waals surface area contributed by atoms with E-state index < -0.39 is 29.8 Å². The van der Waals surface area contributed by atoms with Crippen LogP contribution in [0.3, 0.4) is 0 Å². The molecule has 0 fully saturated rings. The topological polar surface area (TPSA) is 118 Å². The highest BCUT2D eigenvalue weighted by molar-refractivity contribution is 5.51. The van der Waals surface area contributed by atoms with Crippen molar-refractivity contribution in [1.82, 2.24) is 9.97 Å². The summed E-state index contributed by atoms with van der Waals surface area (Å²) < 4.78 is 59.8. The summed E-state index contributed by atoms with van der Waals surface area (Å²) in [5.41, 5.74) is 12.6. The Bertz CT molecular complexity index is 818. The van der Waals surface area contributed by atoms with Gasteiger partial charge in [-0.15, -0.1) is 0 Å². The van der Waals surface area contributed by atoms with Gasteiger partial charge in [0.2, 0.25) is 0 Å². The number of ether oxygens (including phenoxy) is 2. The van der Waals surface area contributed by atoms with Gasteiger partial charge in [0.05, 0.1) is 6.20 Å². The van der Waals surface area contributed by atoms with Crippen LogP contribution in [0.1, 0.15) is 0 Å². The van der Waals surface area contributed by atoms with Crippen LogP contribution in [0, 0.1) is 17.2 Å². The van der Waals surface area contributed by atoms with Gasteiger partial charge in [0.25, 0.3) is 0 Å². The number of nitrogens with two attached hydrogens (primary N) is 1. The fraction of sp³-hybridized carbons (Fsp3) is 0.143. The molecule has 0 aliphatic carbocycles. The van der Waals surface area contributed by atoms with Gasteiger partial charge in [0.15, 0.2) is 23.2 Å². The summed E-state index contributed by atoms with van der Waals surface area (Å²) in [5.74, 6) is -2.81. The monoisotopic (exact) mass is 372 g/mol. The molecule has 1 heterocycles. The minimum absolute atomic E-state index is 0.0390. The van der Waals surface area contributed by atoms with Gasteiger partial charge in [-0.1, -0.05) is 0 Å². The maximum atomic E-state index is 13.3. The predicted octanol–water partition coefficient (Wildman–Crippen LogP) is 3.30. The highest BCUT2D eigenvalue weighted by Crippen LogP contribution is 2.24. The lowest BCUT2D eigenvalue weighted by atomic mass is 10.3. The largest absolute Gasteiger partial charge is 0.457 e.